The van der Waals surface area contributed by atoms with Crippen LogP contribution in [0.1, 0.15) is 65.2 Å². The van der Waals surface area contributed by atoms with Gasteiger partial charge in [-0.1, -0.05) is 37.6 Å². The monoisotopic (exact) mass is 408 g/mol. The Morgan fingerprint density at radius 1 is 0.897 bits per heavy atom. The van der Waals surface area contributed by atoms with Crippen molar-refractivity contribution in [2.75, 3.05) is 5.75 Å². The molecule has 0 heterocycles. The summed E-state index contributed by atoms with van der Waals surface area (Å²) in [7, 11) is 0. The Labute approximate surface area is 178 Å². The Morgan fingerprint density at radius 3 is 2.45 bits per heavy atom. The molecule has 1 aromatic carbocycles. The molecule has 3 saturated carbocycles. The van der Waals surface area contributed by atoms with E-state index in [-0.39, 0.29) is 10.8 Å². The number of carbonyl (C=O) groups excluding carboxylic acids is 2. The van der Waals surface area contributed by atoms with Crippen LogP contribution in [0.25, 0.3) is 0 Å². The van der Waals surface area contributed by atoms with Crippen LogP contribution in [0.15, 0.2) is 46.4 Å². The molecule has 0 N–H and O–H groups in total. The normalized spacial score (nSPS) is 39.2. The zero-order chi connectivity index (χ0) is 20.2. The quantitative estimate of drug-likeness (QED) is 0.554. The molecular formula is C26H32O2S. The number of ketones is 2. The van der Waals surface area contributed by atoms with E-state index in [0.29, 0.717) is 35.7 Å². The summed E-state index contributed by atoms with van der Waals surface area (Å²) >= 11 is 1.81. The number of Topliss-reactive ketones (excluding diaryl/α,β-unsaturated/α-hetero) is 2. The number of allylic oxidation sites excluding steroid dienone is 1. The van der Waals surface area contributed by atoms with Crippen molar-refractivity contribution in [2.45, 2.75) is 70.1 Å². The van der Waals surface area contributed by atoms with Crippen LogP contribution >= 0.6 is 11.8 Å². The average Bonchev–Trinajstić information content (AvgIpc) is 3.03. The molecular weight excluding hydrogens is 376 g/mol. The summed E-state index contributed by atoms with van der Waals surface area (Å²) in [6, 6.07) is 10.5. The Hall–Kier alpha value is -1.35. The summed E-state index contributed by atoms with van der Waals surface area (Å²) in [6.45, 7) is 4.71. The first-order valence-corrected chi connectivity index (χ1v) is 12.4. The molecule has 29 heavy (non-hydrogen) atoms. The van der Waals surface area contributed by atoms with Crippen LogP contribution in [-0.2, 0) is 9.59 Å². The van der Waals surface area contributed by atoms with Gasteiger partial charge >= 0.3 is 0 Å². The van der Waals surface area contributed by atoms with Crippen LogP contribution in [0.5, 0.6) is 0 Å². The Balaban J connectivity index is 1.45. The highest BCUT2D eigenvalue weighted by molar-refractivity contribution is 7.99. The third-order valence-electron chi connectivity index (χ3n) is 9.08. The molecule has 5 atom stereocenters. The number of hydrogen-bond acceptors (Lipinski definition) is 3. The van der Waals surface area contributed by atoms with Crippen molar-refractivity contribution in [1.29, 1.82) is 0 Å². The second kappa shape index (κ2) is 7.11. The standard InChI is InChI=1S/C26H32O2S/c1-25-15-13-23(27)19(16-29-17-6-4-3-5-7-17)21(25)9-8-18-20-10-11-24(28)26(20,2)14-12-22(18)25/h3-7,18,20,22H,8-16H2,1-2H3/t18-,20-,22+,25-,26-/m0/s1. The number of carbonyl (C=O) groups is 2. The fourth-order valence-corrected chi connectivity index (χ4v) is 8.43. The van der Waals surface area contributed by atoms with Crippen LogP contribution in [0.4, 0.5) is 0 Å². The maximum Gasteiger partial charge on any atom is 0.159 e. The van der Waals surface area contributed by atoms with Gasteiger partial charge in [0.25, 0.3) is 0 Å². The van der Waals surface area contributed by atoms with Crippen LogP contribution < -0.4 is 0 Å². The number of benzene rings is 1. The van der Waals surface area contributed by atoms with Crippen molar-refractivity contribution >= 4 is 23.3 Å². The number of hydrogen-bond donors (Lipinski definition) is 0. The van der Waals surface area contributed by atoms with Gasteiger partial charge in [0.1, 0.15) is 5.78 Å². The van der Waals surface area contributed by atoms with E-state index in [1.807, 2.05) is 6.07 Å². The topological polar surface area (TPSA) is 34.1 Å². The molecule has 2 nitrogen and oxygen atoms in total. The second-order valence-electron chi connectivity index (χ2n) is 10.2. The lowest BCUT2D eigenvalue weighted by molar-refractivity contribution is -0.132. The van der Waals surface area contributed by atoms with E-state index in [9.17, 15) is 9.59 Å². The van der Waals surface area contributed by atoms with Gasteiger partial charge in [-0.05, 0) is 73.8 Å². The molecule has 4 aliphatic carbocycles. The molecule has 0 bridgehead atoms. The zero-order valence-corrected chi connectivity index (χ0v) is 18.5. The minimum Gasteiger partial charge on any atom is -0.299 e. The fourth-order valence-electron chi connectivity index (χ4n) is 7.44. The molecule has 0 saturated heterocycles. The molecule has 0 unspecified atom stereocenters. The van der Waals surface area contributed by atoms with E-state index in [1.54, 1.807) is 11.8 Å². The van der Waals surface area contributed by atoms with Gasteiger partial charge in [0.2, 0.25) is 0 Å². The van der Waals surface area contributed by atoms with Gasteiger partial charge in [0, 0.05) is 34.5 Å². The zero-order valence-electron chi connectivity index (χ0n) is 17.7. The summed E-state index contributed by atoms with van der Waals surface area (Å²) < 4.78 is 0. The van der Waals surface area contributed by atoms with Crippen molar-refractivity contribution in [1.82, 2.24) is 0 Å². The van der Waals surface area contributed by atoms with E-state index >= 15 is 0 Å². The van der Waals surface area contributed by atoms with Gasteiger partial charge in [-0.15, -0.1) is 11.8 Å². The third-order valence-corrected chi connectivity index (χ3v) is 10.1. The highest BCUT2D eigenvalue weighted by Crippen LogP contribution is 2.65. The summed E-state index contributed by atoms with van der Waals surface area (Å²) in [4.78, 5) is 26.8. The molecule has 5 rings (SSSR count). The molecule has 0 spiro atoms. The number of thioether (sulfide) groups is 1. The Morgan fingerprint density at radius 2 is 1.66 bits per heavy atom. The smallest absolute Gasteiger partial charge is 0.159 e. The molecule has 3 heteroatoms. The Kier molecular flexibility index (Phi) is 4.81. The van der Waals surface area contributed by atoms with Crippen LogP contribution in [0.2, 0.25) is 0 Å². The first-order valence-electron chi connectivity index (χ1n) is 11.4. The van der Waals surface area contributed by atoms with E-state index in [0.717, 1.165) is 49.9 Å². The molecule has 0 amide bonds. The van der Waals surface area contributed by atoms with E-state index in [4.69, 9.17) is 0 Å². The molecule has 3 fully saturated rings. The largest absolute Gasteiger partial charge is 0.299 e. The third kappa shape index (κ3) is 2.99. The first-order chi connectivity index (χ1) is 13.9. The predicted molar refractivity (Wildman–Crippen MR) is 118 cm³/mol. The van der Waals surface area contributed by atoms with Gasteiger partial charge < -0.3 is 0 Å². The summed E-state index contributed by atoms with van der Waals surface area (Å²) in [6.07, 6.45) is 8.07. The maximum atomic E-state index is 12.9. The lowest BCUT2D eigenvalue weighted by atomic mass is 9.47. The van der Waals surface area contributed by atoms with Crippen LogP contribution in [0.3, 0.4) is 0 Å². The predicted octanol–water partition coefficient (Wildman–Crippen LogP) is 6.25. The summed E-state index contributed by atoms with van der Waals surface area (Å²) in [5.74, 6) is 3.62. The minimum absolute atomic E-state index is 0.0603. The molecule has 4 aliphatic rings. The van der Waals surface area contributed by atoms with Gasteiger partial charge in [-0.3, -0.25) is 9.59 Å². The van der Waals surface area contributed by atoms with Crippen LogP contribution in [0, 0.1) is 28.6 Å². The van der Waals surface area contributed by atoms with Gasteiger partial charge in [0.05, 0.1) is 0 Å². The Bertz CT molecular complexity index is 872. The van der Waals surface area contributed by atoms with Crippen molar-refractivity contribution in [2.24, 2.45) is 28.6 Å². The van der Waals surface area contributed by atoms with Crippen molar-refractivity contribution in [3.05, 3.63) is 41.5 Å². The lowest BCUT2D eigenvalue weighted by Crippen LogP contribution is -2.51. The molecule has 0 aromatic heterocycles. The van der Waals surface area contributed by atoms with Crippen molar-refractivity contribution < 1.29 is 9.59 Å². The number of rotatable bonds is 3. The first kappa shape index (κ1) is 19.6. The van der Waals surface area contributed by atoms with Gasteiger partial charge in [-0.25, -0.2) is 0 Å². The van der Waals surface area contributed by atoms with Crippen LogP contribution in [-0.4, -0.2) is 17.3 Å². The average molecular weight is 409 g/mol. The summed E-state index contributed by atoms with van der Waals surface area (Å²) in [5.41, 5.74) is 2.71. The highest BCUT2D eigenvalue weighted by atomic mass is 32.2. The summed E-state index contributed by atoms with van der Waals surface area (Å²) in [5, 5.41) is 0. The van der Waals surface area contributed by atoms with E-state index < -0.39 is 0 Å². The van der Waals surface area contributed by atoms with E-state index in [1.165, 1.54) is 16.9 Å². The second-order valence-corrected chi connectivity index (χ2v) is 11.3. The van der Waals surface area contributed by atoms with Crippen molar-refractivity contribution in [3.63, 3.8) is 0 Å². The van der Waals surface area contributed by atoms with Crippen molar-refractivity contribution in [3.8, 4) is 0 Å². The molecule has 0 aliphatic heterocycles. The molecule has 154 valence electrons. The van der Waals surface area contributed by atoms with E-state index in [2.05, 4.69) is 38.1 Å². The number of fused-ring (bicyclic) bond motifs is 5. The molecule has 1 aromatic rings. The lowest BCUT2D eigenvalue weighted by Gasteiger charge is -2.57. The SMILES string of the molecule is C[C@]12CCC(=O)C(CSc3ccccc3)=C1CC[C@@H]1[C@H]2CC[C@]2(C)C(=O)CC[C@@H]12. The van der Waals surface area contributed by atoms with Gasteiger partial charge in [0.15, 0.2) is 5.78 Å². The highest BCUT2D eigenvalue weighted by Gasteiger charge is 2.59. The minimum atomic E-state index is -0.0603. The molecule has 0 radical (unpaired) electrons. The fraction of sp³-hybridized carbons (Fsp3) is 0.615. The van der Waals surface area contributed by atoms with Gasteiger partial charge in [-0.2, -0.15) is 0 Å². The maximum absolute atomic E-state index is 12.9.